The summed E-state index contributed by atoms with van der Waals surface area (Å²) in [5, 5.41) is 1.20. The molecule has 0 aliphatic carbocycles. The molecule has 27 heavy (non-hydrogen) atoms. The first-order valence-corrected chi connectivity index (χ1v) is 9.14. The number of H-pyrrole nitrogens is 1. The number of halogens is 1. The summed E-state index contributed by atoms with van der Waals surface area (Å²) in [5.41, 5.74) is 1.55. The Balaban J connectivity index is 1.90. The SMILES string of the molecule is CC[NH+](Cc1cccc(Cl)c1)Cc1nc2cc(OC)c(OC)cc2c(=O)[nH]1. The Morgan fingerprint density at radius 3 is 2.52 bits per heavy atom. The number of benzene rings is 2. The highest BCUT2D eigenvalue weighted by atomic mass is 35.5. The van der Waals surface area contributed by atoms with Gasteiger partial charge >= 0.3 is 0 Å². The van der Waals surface area contributed by atoms with Crippen LogP contribution in [-0.2, 0) is 13.1 Å². The number of aromatic amines is 1. The van der Waals surface area contributed by atoms with E-state index in [9.17, 15) is 4.79 Å². The van der Waals surface area contributed by atoms with Crippen LogP contribution in [0.5, 0.6) is 11.5 Å². The third-order valence-electron chi connectivity index (χ3n) is 4.52. The van der Waals surface area contributed by atoms with Crippen LogP contribution in [0.3, 0.4) is 0 Å². The molecule has 1 heterocycles. The van der Waals surface area contributed by atoms with E-state index in [-0.39, 0.29) is 5.56 Å². The second-order valence-corrected chi connectivity index (χ2v) is 6.76. The third kappa shape index (κ3) is 4.40. The van der Waals surface area contributed by atoms with Crippen molar-refractivity contribution in [2.75, 3.05) is 20.8 Å². The fraction of sp³-hybridized carbons (Fsp3) is 0.300. The van der Waals surface area contributed by atoms with Gasteiger partial charge < -0.3 is 19.4 Å². The minimum atomic E-state index is -0.186. The highest BCUT2D eigenvalue weighted by molar-refractivity contribution is 6.30. The second kappa shape index (κ2) is 8.41. The van der Waals surface area contributed by atoms with E-state index in [1.54, 1.807) is 19.2 Å². The Bertz CT molecular complexity index is 1000. The molecule has 1 unspecified atom stereocenters. The van der Waals surface area contributed by atoms with Crippen LogP contribution in [0.4, 0.5) is 0 Å². The standard InChI is InChI=1S/C20H22ClN3O3/c1-4-24(11-13-6-5-7-14(21)8-13)12-19-22-16-10-18(27-3)17(26-2)9-15(16)20(25)23-19/h5-10H,4,11-12H2,1-3H3,(H,22,23,25)/p+1. The summed E-state index contributed by atoms with van der Waals surface area (Å²) in [6.45, 7) is 4.39. The Hall–Kier alpha value is -2.57. The molecule has 6 nitrogen and oxygen atoms in total. The predicted molar refractivity (Wildman–Crippen MR) is 106 cm³/mol. The van der Waals surface area contributed by atoms with E-state index >= 15 is 0 Å². The highest BCUT2D eigenvalue weighted by Gasteiger charge is 2.14. The van der Waals surface area contributed by atoms with Crippen LogP contribution in [0.15, 0.2) is 41.2 Å². The molecule has 0 aliphatic rings. The summed E-state index contributed by atoms with van der Waals surface area (Å²) in [7, 11) is 3.10. The topological polar surface area (TPSA) is 68.7 Å². The molecule has 0 radical (unpaired) electrons. The molecule has 3 aromatic rings. The molecular formula is C20H23ClN3O3+. The Kier molecular flexibility index (Phi) is 5.98. The third-order valence-corrected chi connectivity index (χ3v) is 4.76. The van der Waals surface area contributed by atoms with E-state index in [0.717, 1.165) is 23.7 Å². The molecule has 0 spiro atoms. The fourth-order valence-electron chi connectivity index (χ4n) is 3.08. The van der Waals surface area contributed by atoms with Crippen LogP contribution < -0.4 is 19.9 Å². The molecule has 0 bridgehead atoms. The lowest BCUT2D eigenvalue weighted by Gasteiger charge is -2.17. The number of aromatic nitrogens is 2. The van der Waals surface area contributed by atoms with Crippen LogP contribution in [0, 0.1) is 0 Å². The molecule has 0 aliphatic heterocycles. The fourth-order valence-corrected chi connectivity index (χ4v) is 3.30. The monoisotopic (exact) mass is 388 g/mol. The zero-order chi connectivity index (χ0) is 19.4. The first-order chi connectivity index (χ1) is 13.0. The van der Waals surface area contributed by atoms with Crippen molar-refractivity contribution in [3.8, 4) is 11.5 Å². The van der Waals surface area contributed by atoms with Gasteiger partial charge in [0.05, 0.1) is 31.7 Å². The van der Waals surface area contributed by atoms with Crippen LogP contribution in [-0.4, -0.2) is 30.7 Å². The van der Waals surface area contributed by atoms with Crippen molar-refractivity contribution in [3.63, 3.8) is 0 Å². The van der Waals surface area contributed by atoms with Gasteiger partial charge in [0.25, 0.3) is 5.56 Å². The van der Waals surface area contributed by atoms with Crippen molar-refractivity contribution < 1.29 is 14.4 Å². The first kappa shape index (κ1) is 19.2. The Morgan fingerprint density at radius 2 is 1.85 bits per heavy atom. The maximum absolute atomic E-state index is 12.5. The van der Waals surface area contributed by atoms with E-state index in [1.165, 1.54) is 12.0 Å². The molecule has 2 aromatic carbocycles. The average Bonchev–Trinajstić information content (AvgIpc) is 2.66. The van der Waals surface area contributed by atoms with Crippen molar-refractivity contribution in [2.45, 2.75) is 20.0 Å². The molecule has 0 saturated heterocycles. The van der Waals surface area contributed by atoms with Gasteiger partial charge in [-0.25, -0.2) is 4.98 Å². The molecular weight excluding hydrogens is 366 g/mol. The van der Waals surface area contributed by atoms with E-state index < -0.39 is 0 Å². The molecule has 142 valence electrons. The number of nitrogens with zero attached hydrogens (tertiary/aromatic N) is 1. The summed E-state index contributed by atoms with van der Waals surface area (Å²) in [6.07, 6.45) is 0. The van der Waals surface area contributed by atoms with E-state index in [2.05, 4.69) is 23.0 Å². The number of rotatable bonds is 7. The molecule has 3 rings (SSSR count). The molecule has 0 fully saturated rings. The van der Waals surface area contributed by atoms with Crippen molar-refractivity contribution in [1.29, 1.82) is 0 Å². The van der Waals surface area contributed by atoms with Gasteiger partial charge in [-0.2, -0.15) is 0 Å². The van der Waals surface area contributed by atoms with E-state index in [4.69, 9.17) is 21.1 Å². The summed E-state index contributed by atoms with van der Waals surface area (Å²) in [5.74, 6) is 1.69. The smallest absolute Gasteiger partial charge is 0.259 e. The number of fused-ring (bicyclic) bond motifs is 1. The van der Waals surface area contributed by atoms with Gasteiger partial charge in [-0.3, -0.25) is 4.79 Å². The summed E-state index contributed by atoms with van der Waals surface area (Å²) >= 11 is 6.08. The molecule has 1 aromatic heterocycles. The Morgan fingerprint density at radius 1 is 1.11 bits per heavy atom. The predicted octanol–water partition coefficient (Wildman–Crippen LogP) is 2.20. The number of ether oxygens (including phenoxy) is 2. The number of hydrogen-bond donors (Lipinski definition) is 2. The van der Waals surface area contributed by atoms with Gasteiger partial charge in [0.2, 0.25) is 0 Å². The van der Waals surface area contributed by atoms with Gasteiger partial charge in [0.15, 0.2) is 17.3 Å². The van der Waals surface area contributed by atoms with Crippen molar-refractivity contribution in [1.82, 2.24) is 9.97 Å². The molecule has 2 N–H and O–H groups in total. The largest absolute Gasteiger partial charge is 0.493 e. The maximum Gasteiger partial charge on any atom is 0.259 e. The number of hydrogen-bond acceptors (Lipinski definition) is 4. The van der Waals surface area contributed by atoms with Crippen LogP contribution in [0.1, 0.15) is 18.3 Å². The second-order valence-electron chi connectivity index (χ2n) is 6.32. The number of quaternary nitrogens is 1. The molecule has 1 atom stereocenters. The van der Waals surface area contributed by atoms with Gasteiger partial charge in [0.1, 0.15) is 13.1 Å². The van der Waals surface area contributed by atoms with E-state index in [1.807, 2.05) is 18.2 Å². The highest BCUT2D eigenvalue weighted by Crippen LogP contribution is 2.29. The minimum Gasteiger partial charge on any atom is -0.493 e. The lowest BCUT2D eigenvalue weighted by atomic mass is 10.2. The summed E-state index contributed by atoms with van der Waals surface area (Å²) in [6, 6.07) is 11.2. The zero-order valence-electron chi connectivity index (χ0n) is 15.6. The Labute approximate surface area is 162 Å². The average molecular weight is 389 g/mol. The molecule has 0 saturated carbocycles. The lowest BCUT2D eigenvalue weighted by molar-refractivity contribution is -0.926. The zero-order valence-corrected chi connectivity index (χ0v) is 16.4. The van der Waals surface area contributed by atoms with Crippen molar-refractivity contribution >= 4 is 22.5 Å². The van der Waals surface area contributed by atoms with Gasteiger partial charge in [-0.1, -0.05) is 23.7 Å². The van der Waals surface area contributed by atoms with Gasteiger partial charge in [-0.05, 0) is 25.1 Å². The van der Waals surface area contributed by atoms with Gasteiger partial charge in [-0.15, -0.1) is 0 Å². The van der Waals surface area contributed by atoms with Crippen molar-refractivity contribution in [2.24, 2.45) is 0 Å². The van der Waals surface area contributed by atoms with Gasteiger partial charge in [0, 0.05) is 16.7 Å². The summed E-state index contributed by atoms with van der Waals surface area (Å²) < 4.78 is 10.6. The molecule has 0 amide bonds. The number of nitrogens with one attached hydrogen (secondary N) is 2. The van der Waals surface area contributed by atoms with Crippen LogP contribution >= 0.6 is 11.6 Å². The van der Waals surface area contributed by atoms with E-state index in [0.29, 0.717) is 34.8 Å². The quantitative estimate of drug-likeness (QED) is 0.651. The van der Waals surface area contributed by atoms with Crippen molar-refractivity contribution in [3.05, 3.63) is 63.2 Å². The normalized spacial score (nSPS) is 12.1. The minimum absolute atomic E-state index is 0.186. The lowest BCUT2D eigenvalue weighted by Crippen LogP contribution is -3.09. The molecule has 7 heteroatoms. The maximum atomic E-state index is 12.5. The summed E-state index contributed by atoms with van der Waals surface area (Å²) in [4.78, 5) is 21.3. The van der Waals surface area contributed by atoms with Crippen LogP contribution in [0.25, 0.3) is 10.9 Å². The first-order valence-electron chi connectivity index (χ1n) is 8.77. The number of methoxy groups -OCH3 is 2. The van der Waals surface area contributed by atoms with Crippen LogP contribution in [0.2, 0.25) is 5.02 Å².